The average Bonchev–Trinajstić information content (AvgIpc) is 3.00. The first kappa shape index (κ1) is 11.5. The molecular weight excluding hydrogens is 198 g/mol. The molecule has 0 heterocycles. The Kier molecular flexibility index (Phi) is 3.49. The monoisotopic (exact) mass is 219 g/mol. The quantitative estimate of drug-likeness (QED) is 0.822. The minimum Gasteiger partial charge on any atom is -0.494 e. The Morgan fingerprint density at radius 3 is 2.44 bits per heavy atom. The van der Waals surface area contributed by atoms with E-state index in [1.165, 1.54) is 12.0 Å². The Morgan fingerprint density at radius 2 is 2.00 bits per heavy atom. The lowest BCUT2D eigenvalue weighted by Gasteiger charge is -2.16. The van der Waals surface area contributed by atoms with Crippen LogP contribution in [-0.4, -0.2) is 13.7 Å². The van der Waals surface area contributed by atoms with Gasteiger partial charge in [-0.3, -0.25) is 0 Å². The van der Waals surface area contributed by atoms with E-state index in [-0.39, 0.29) is 0 Å². The molecule has 88 valence electrons. The van der Waals surface area contributed by atoms with Gasteiger partial charge in [-0.1, -0.05) is 19.1 Å². The smallest absolute Gasteiger partial charge is 0.119 e. The lowest BCUT2D eigenvalue weighted by Crippen LogP contribution is -2.18. The molecule has 1 aliphatic rings. The fourth-order valence-electron chi connectivity index (χ4n) is 2.38. The van der Waals surface area contributed by atoms with E-state index in [1.807, 2.05) is 14.0 Å². The zero-order valence-corrected chi connectivity index (χ0v) is 10.4. The van der Waals surface area contributed by atoms with Gasteiger partial charge >= 0.3 is 0 Å². The van der Waals surface area contributed by atoms with Gasteiger partial charge in [0.15, 0.2) is 0 Å². The van der Waals surface area contributed by atoms with E-state index >= 15 is 0 Å². The van der Waals surface area contributed by atoms with Crippen molar-refractivity contribution in [1.29, 1.82) is 0 Å². The summed E-state index contributed by atoms with van der Waals surface area (Å²) in [5, 5.41) is 3.42. The van der Waals surface area contributed by atoms with Crippen molar-refractivity contribution in [3.05, 3.63) is 29.8 Å². The van der Waals surface area contributed by atoms with Gasteiger partial charge in [-0.25, -0.2) is 0 Å². The molecule has 3 atom stereocenters. The second-order valence-corrected chi connectivity index (χ2v) is 4.65. The summed E-state index contributed by atoms with van der Waals surface area (Å²) < 4.78 is 5.45. The van der Waals surface area contributed by atoms with Gasteiger partial charge in [0.25, 0.3) is 0 Å². The number of hydrogen-bond donors (Lipinski definition) is 1. The van der Waals surface area contributed by atoms with Crippen molar-refractivity contribution >= 4 is 0 Å². The zero-order chi connectivity index (χ0) is 11.5. The molecule has 0 amide bonds. The molecule has 1 aliphatic carbocycles. The van der Waals surface area contributed by atoms with Gasteiger partial charge in [0, 0.05) is 6.04 Å². The van der Waals surface area contributed by atoms with Crippen LogP contribution >= 0.6 is 0 Å². The van der Waals surface area contributed by atoms with Gasteiger partial charge in [0.2, 0.25) is 0 Å². The van der Waals surface area contributed by atoms with Crippen LogP contribution in [-0.2, 0) is 0 Å². The Balaban J connectivity index is 2.07. The minimum atomic E-state index is 0.505. The summed E-state index contributed by atoms with van der Waals surface area (Å²) in [5.41, 5.74) is 1.38. The first-order valence-corrected chi connectivity index (χ1v) is 6.16. The van der Waals surface area contributed by atoms with Crippen molar-refractivity contribution in [3.63, 3.8) is 0 Å². The van der Waals surface area contributed by atoms with Crippen LogP contribution < -0.4 is 10.1 Å². The highest BCUT2D eigenvalue weighted by molar-refractivity contribution is 5.30. The van der Waals surface area contributed by atoms with E-state index in [4.69, 9.17) is 4.74 Å². The van der Waals surface area contributed by atoms with E-state index in [2.05, 4.69) is 36.5 Å². The first-order chi connectivity index (χ1) is 7.76. The highest BCUT2D eigenvalue weighted by Crippen LogP contribution is 2.46. The van der Waals surface area contributed by atoms with E-state index < -0.39 is 0 Å². The number of nitrogens with one attached hydrogen (secondary N) is 1. The maximum absolute atomic E-state index is 5.45. The van der Waals surface area contributed by atoms with Crippen molar-refractivity contribution in [2.45, 2.75) is 26.3 Å². The molecule has 16 heavy (non-hydrogen) atoms. The van der Waals surface area contributed by atoms with Crippen molar-refractivity contribution < 1.29 is 4.74 Å². The minimum absolute atomic E-state index is 0.505. The van der Waals surface area contributed by atoms with Crippen molar-refractivity contribution in [3.8, 4) is 5.75 Å². The fourth-order valence-corrected chi connectivity index (χ4v) is 2.38. The lowest BCUT2D eigenvalue weighted by molar-refractivity contribution is 0.340. The molecule has 1 aromatic rings. The van der Waals surface area contributed by atoms with E-state index in [1.54, 1.807) is 0 Å². The van der Waals surface area contributed by atoms with Gasteiger partial charge in [0.1, 0.15) is 5.75 Å². The number of rotatable bonds is 5. The van der Waals surface area contributed by atoms with Gasteiger partial charge in [0.05, 0.1) is 6.61 Å². The molecule has 3 unspecified atom stereocenters. The molecule has 1 aromatic carbocycles. The highest BCUT2D eigenvalue weighted by Gasteiger charge is 2.39. The summed E-state index contributed by atoms with van der Waals surface area (Å²) in [4.78, 5) is 0. The molecule has 0 spiro atoms. The largest absolute Gasteiger partial charge is 0.494 e. The molecule has 0 radical (unpaired) electrons. The predicted octanol–water partition coefficient (Wildman–Crippen LogP) is 3.00. The molecular formula is C14H21NO. The zero-order valence-electron chi connectivity index (χ0n) is 10.4. The lowest BCUT2D eigenvalue weighted by atomic mass is 10.0. The van der Waals surface area contributed by atoms with Crippen LogP contribution in [0.25, 0.3) is 0 Å². The average molecular weight is 219 g/mol. The molecule has 1 saturated carbocycles. The Bertz CT molecular complexity index is 333. The Morgan fingerprint density at radius 1 is 1.38 bits per heavy atom. The van der Waals surface area contributed by atoms with Crippen LogP contribution in [0.3, 0.4) is 0 Å². The number of benzene rings is 1. The van der Waals surface area contributed by atoms with E-state index in [0.717, 1.165) is 24.2 Å². The van der Waals surface area contributed by atoms with Crippen LogP contribution in [0, 0.1) is 11.8 Å². The molecule has 0 bridgehead atoms. The summed E-state index contributed by atoms with van der Waals surface area (Å²) >= 11 is 0. The molecule has 1 N–H and O–H groups in total. The number of ether oxygens (including phenoxy) is 1. The highest BCUT2D eigenvalue weighted by atomic mass is 16.5. The maximum atomic E-state index is 5.45. The van der Waals surface area contributed by atoms with Crippen LogP contribution in [0.15, 0.2) is 24.3 Å². The van der Waals surface area contributed by atoms with Crippen molar-refractivity contribution in [2.24, 2.45) is 11.8 Å². The van der Waals surface area contributed by atoms with Crippen LogP contribution in [0.4, 0.5) is 0 Å². The third kappa shape index (κ3) is 2.38. The molecule has 0 aliphatic heterocycles. The molecule has 2 rings (SSSR count). The Labute approximate surface area is 98.0 Å². The summed E-state index contributed by atoms with van der Waals surface area (Å²) in [6, 6.07) is 8.99. The molecule has 0 aromatic heterocycles. The standard InChI is InChI=1S/C14H21NO/c1-4-16-12-7-5-11(6-8-12)14(15-3)13-9-10(13)2/h5-8,10,13-15H,4,9H2,1-3H3. The third-order valence-corrected chi connectivity index (χ3v) is 3.46. The van der Waals surface area contributed by atoms with E-state index in [9.17, 15) is 0 Å². The van der Waals surface area contributed by atoms with Crippen LogP contribution in [0.1, 0.15) is 31.9 Å². The van der Waals surface area contributed by atoms with Gasteiger partial charge in [-0.05, 0) is 49.9 Å². The molecule has 0 saturated heterocycles. The normalized spacial score (nSPS) is 25.2. The van der Waals surface area contributed by atoms with Gasteiger partial charge in [-0.2, -0.15) is 0 Å². The second kappa shape index (κ2) is 4.88. The second-order valence-electron chi connectivity index (χ2n) is 4.65. The summed E-state index contributed by atoms with van der Waals surface area (Å²) in [6.07, 6.45) is 1.35. The maximum Gasteiger partial charge on any atom is 0.119 e. The SMILES string of the molecule is CCOc1ccc(C(NC)C2CC2C)cc1. The summed E-state index contributed by atoms with van der Waals surface area (Å²) in [7, 11) is 2.05. The number of hydrogen-bond acceptors (Lipinski definition) is 2. The fraction of sp³-hybridized carbons (Fsp3) is 0.571. The summed E-state index contributed by atoms with van der Waals surface area (Å²) in [5.74, 6) is 2.64. The van der Waals surface area contributed by atoms with Gasteiger partial charge < -0.3 is 10.1 Å². The topological polar surface area (TPSA) is 21.3 Å². The third-order valence-electron chi connectivity index (χ3n) is 3.46. The van der Waals surface area contributed by atoms with Crippen molar-refractivity contribution in [1.82, 2.24) is 5.32 Å². The first-order valence-electron chi connectivity index (χ1n) is 6.16. The predicted molar refractivity (Wildman–Crippen MR) is 66.7 cm³/mol. The molecule has 2 nitrogen and oxygen atoms in total. The van der Waals surface area contributed by atoms with Crippen LogP contribution in [0.5, 0.6) is 5.75 Å². The molecule has 1 fully saturated rings. The summed E-state index contributed by atoms with van der Waals surface area (Å²) in [6.45, 7) is 5.06. The molecule has 2 heteroatoms. The van der Waals surface area contributed by atoms with Gasteiger partial charge in [-0.15, -0.1) is 0 Å². The van der Waals surface area contributed by atoms with Crippen molar-refractivity contribution in [2.75, 3.05) is 13.7 Å². The van der Waals surface area contributed by atoms with Crippen LogP contribution in [0.2, 0.25) is 0 Å². The Hall–Kier alpha value is -1.02. The van der Waals surface area contributed by atoms with E-state index in [0.29, 0.717) is 6.04 Å².